The van der Waals surface area contributed by atoms with Crippen molar-refractivity contribution in [2.45, 2.75) is 38.9 Å². The standard InChI is InChI=1S/C29H28N6O3/c1-29(2,3)38-28(36)34-13-11-21(18-34)37-20-9-10-25(31-15-20)19-14-32-27-24(16-33-35(27)17-19)22-6-4-8-26-23(22)7-5-12-30-26/h4-10,12,14-17,21H,11,13,18H2,1-3H3. The van der Waals surface area contributed by atoms with E-state index < -0.39 is 5.60 Å². The number of carbonyl (C=O) groups is 1. The van der Waals surface area contributed by atoms with Gasteiger partial charge in [-0.25, -0.2) is 14.3 Å². The van der Waals surface area contributed by atoms with Crippen LogP contribution in [-0.2, 0) is 4.74 Å². The highest BCUT2D eigenvalue weighted by Gasteiger charge is 2.31. The molecule has 0 spiro atoms. The number of ether oxygens (including phenoxy) is 2. The van der Waals surface area contributed by atoms with E-state index in [9.17, 15) is 4.79 Å². The Morgan fingerprint density at radius 2 is 1.87 bits per heavy atom. The first kappa shape index (κ1) is 23.8. The maximum Gasteiger partial charge on any atom is 0.410 e. The Morgan fingerprint density at radius 1 is 0.974 bits per heavy atom. The zero-order chi connectivity index (χ0) is 26.3. The fraction of sp³-hybridized carbons (Fsp3) is 0.276. The Labute approximate surface area is 220 Å². The number of aromatic nitrogens is 5. The van der Waals surface area contributed by atoms with Crippen LogP contribution in [0.2, 0.25) is 0 Å². The van der Waals surface area contributed by atoms with Crippen molar-refractivity contribution in [1.82, 2.24) is 29.5 Å². The predicted molar refractivity (Wildman–Crippen MR) is 144 cm³/mol. The van der Waals surface area contributed by atoms with Gasteiger partial charge in [0, 0.05) is 48.1 Å². The van der Waals surface area contributed by atoms with E-state index in [1.54, 1.807) is 21.8 Å². The molecule has 1 aliphatic rings. The first-order chi connectivity index (χ1) is 18.3. The lowest BCUT2D eigenvalue weighted by atomic mass is 10.0. The maximum absolute atomic E-state index is 12.3. The molecule has 1 amide bonds. The lowest BCUT2D eigenvalue weighted by Gasteiger charge is -2.24. The number of hydrogen-bond donors (Lipinski definition) is 0. The van der Waals surface area contributed by atoms with Crippen LogP contribution in [0.1, 0.15) is 27.2 Å². The second-order valence-electron chi connectivity index (χ2n) is 10.4. The van der Waals surface area contributed by atoms with Gasteiger partial charge in [0.15, 0.2) is 5.65 Å². The molecular formula is C29H28N6O3. The lowest BCUT2D eigenvalue weighted by Crippen LogP contribution is -2.36. The highest BCUT2D eigenvalue weighted by atomic mass is 16.6. The van der Waals surface area contributed by atoms with Gasteiger partial charge in [0.1, 0.15) is 17.5 Å². The Bertz CT molecular complexity index is 1620. The second-order valence-corrected chi connectivity index (χ2v) is 10.4. The molecule has 1 atom stereocenters. The number of benzene rings is 1. The quantitative estimate of drug-likeness (QED) is 0.321. The van der Waals surface area contributed by atoms with Crippen LogP contribution in [0.15, 0.2) is 73.4 Å². The van der Waals surface area contributed by atoms with Crippen LogP contribution in [0, 0.1) is 0 Å². The summed E-state index contributed by atoms with van der Waals surface area (Å²) in [5.41, 5.74) is 4.78. The summed E-state index contributed by atoms with van der Waals surface area (Å²) in [4.78, 5) is 27.8. The number of likely N-dealkylation sites (tertiary alicyclic amines) is 1. The molecule has 5 heterocycles. The van der Waals surface area contributed by atoms with Gasteiger partial charge in [-0.2, -0.15) is 5.10 Å². The molecule has 1 aliphatic heterocycles. The van der Waals surface area contributed by atoms with Crippen molar-refractivity contribution in [2.24, 2.45) is 0 Å². The van der Waals surface area contributed by atoms with Crippen molar-refractivity contribution in [3.05, 3.63) is 73.4 Å². The Morgan fingerprint density at radius 3 is 2.68 bits per heavy atom. The van der Waals surface area contributed by atoms with Gasteiger partial charge in [0.25, 0.3) is 0 Å². The molecule has 1 aromatic carbocycles. The fourth-order valence-electron chi connectivity index (χ4n) is 4.67. The molecule has 0 radical (unpaired) electrons. The lowest BCUT2D eigenvalue weighted by molar-refractivity contribution is 0.0275. The maximum atomic E-state index is 12.3. The molecule has 0 bridgehead atoms. The summed E-state index contributed by atoms with van der Waals surface area (Å²) in [6.45, 7) is 6.69. The zero-order valence-corrected chi connectivity index (χ0v) is 21.5. The normalized spacial score (nSPS) is 15.8. The SMILES string of the molecule is CC(C)(C)OC(=O)N1CCC(Oc2ccc(-c3cnc4c(-c5cccc6ncccc56)cnn4c3)nc2)C1. The first-order valence-electron chi connectivity index (χ1n) is 12.6. The van der Waals surface area contributed by atoms with Crippen LogP contribution < -0.4 is 4.74 Å². The van der Waals surface area contributed by atoms with Crippen LogP contribution in [0.5, 0.6) is 5.75 Å². The molecule has 9 heteroatoms. The highest BCUT2D eigenvalue weighted by molar-refractivity contribution is 5.97. The van der Waals surface area contributed by atoms with E-state index in [4.69, 9.17) is 14.5 Å². The summed E-state index contributed by atoms with van der Waals surface area (Å²) in [5.74, 6) is 0.657. The third-order valence-electron chi connectivity index (χ3n) is 6.42. The summed E-state index contributed by atoms with van der Waals surface area (Å²) < 4.78 is 13.3. The van der Waals surface area contributed by atoms with Gasteiger partial charge in [0.2, 0.25) is 0 Å². The average molecular weight is 509 g/mol. The average Bonchev–Trinajstić information content (AvgIpc) is 3.55. The molecule has 0 N–H and O–H groups in total. The van der Waals surface area contributed by atoms with Gasteiger partial charge in [-0.15, -0.1) is 0 Å². The third-order valence-corrected chi connectivity index (χ3v) is 6.42. The van der Waals surface area contributed by atoms with Crippen molar-refractivity contribution in [3.63, 3.8) is 0 Å². The smallest absolute Gasteiger partial charge is 0.410 e. The van der Waals surface area contributed by atoms with E-state index >= 15 is 0 Å². The van der Waals surface area contributed by atoms with Crippen LogP contribution in [0.4, 0.5) is 4.79 Å². The minimum absolute atomic E-state index is 0.0973. The van der Waals surface area contributed by atoms with Crippen LogP contribution >= 0.6 is 0 Å². The van der Waals surface area contributed by atoms with Crippen molar-refractivity contribution in [1.29, 1.82) is 0 Å². The summed E-state index contributed by atoms with van der Waals surface area (Å²) in [7, 11) is 0. The number of fused-ring (bicyclic) bond motifs is 2. The van der Waals surface area contributed by atoms with Crippen LogP contribution in [0.25, 0.3) is 38.9 Å². The van der Waals surface area contributed by atoms with Crippen molar-refractivity contribution < 1.29 is 14.3 Å². The fourth-order valence-corrected chi connectivity index (χ4v) is 4.67. The van der Waals surface area contributed by atoms with Crippen molar-refractivity contribution >= 4 is 22.6 Å². The van der Waals surface area contributed by atoms with E-state index in [0.29, 0.717) is 18.8 Å². The van der Waals surface area contributed by atoms with Gasteiger partial charge >= 0.3 is 6.09 Å². The molecule has 6 rings (SSSR count). The molecule has 9 nitrogen and oxygen atoms in total. The molecule has 0 aliphatic carbocycles. The van der Waals surface area contributed by atoms with Gasteiger partial charge in [0.05, 0.1) is 30.1 Å². The number of hydrogen-bond acceptors (Lipinski definition) is 7. The summed E-state index contributed by atoms with van der Waals surface area (Å²) >= 11 is 0. The number of nitrogens with zero attached hydrogens (tertiary/aromatic N) is 6. The molecule has 1 fully saturated rings. The van der Waals surface area contributed by atoms with E-state index in [0.717, 1.165) is 45.4 Å². The van der Waals surface area contributed by atoms with Crippen molar-refractivity contribution in [2.75, 3.05) is 13.1 Å². The topological polar surface area (TPSA) is 94.7 Å². The molecule has 0 saturated carbocycles. The van der Waals surface area contributed by atoms with Gasteiger partial charge < -0.3 is 14.4 Å². The van der Waals surface area contributed by atoms with Crippen LogP contribution in [0.3, 0.4) is 0 Å². The molecular weight excluding hydrogens is 480 g/mol. The van der Waals surface area contributed by atoms with Crippen LogP contribution in [-0.4, -0.2) is 60.4 Å². The summed E-state index contributed by atoms with van der Waals surface area (Å²) in [6.07, 6.45) is 9.40. The van der Waals surface area contributed by atoms with E-state index in [1.165, 1.54) is 0 Å². The van der Waals surface area contributed by atoms with Gasteiger partial charge in [-0.05, 0) is 50.6 Å². The number of pyridine rings is 2. The Kier molecular flexibility index (Phi) is 5.90. The predicted octanol–water partition coefficient (Wildman–Crippen LogP) is 5.39. The third kappa shape index (κ3) is 4.74. The molecule has 5 aromatic rings. The number of rotatable bonds is 4. The molecule has 4 aromatic heterocycles. The zero-order valence-electron chi connectivity index (χ0n) is 21.5. The molecule has 1 unspecified atom stereocenters. The highest BCUT2D eigenvalue weighted by Crippen LogP contribution is 2.31. The Balaban J connectivity index is 1.17. The minimum atomic E-state index is -0.515. The van der Waals surface area contributed by atoms with Gasteiger partial charge in [-0.3, -0.25) is 9.97 Å². The monoisotopic (exact) mass is 508 g/mol. The largest absolute Gasteiger partial charge is 0.487 e. The Hall–Kier alpha value is -4.53. The second kappa shape index (κ2) is 9.41. The number of carbonyl (C=O) groups excluding carboxylic acids is 1. The number of amides is 1. The molecule has 1 saturated heterocycles. The minimum Gasteiger partial charge on any atom is -0.487 e. The van der Waals surface area contributed by atoms with E-state index in [-0.39, 0.29) is 12.2 Å². The van der Waals surface area contributed by atoms with Gasteiger partial charge in [-0.1, -0.05) is 18.2 Å². The summed E-state index contributed by atoms with van der Waals surface area (Å²) in [5, 5.41) is 5.62. The van der Waals surface area contributed by atoms with E-state index in [2.05, 4.69) is 27.2 Å². The molecule has 38 heavy (non-hydrogen) atoms. The first-order valence-corrected chi connectivity index (χ1v) is 12.6. The summed E-state index contributed by atoms with van der Waals surface area (Å²) in [6, 6.07) is 13.8. The van der Waals surface area contributed by atoms with E-state index in [1.807, 2.05) is 69.7 Å². The van der Waals surface area contributed by atoms with Crippen molar-refractivity contribution in [3.8, 4) is 28.1 Å². The molecule has 192 valence electrons.